The van der Waals surface area contributed by atoms with Gasteiger partial charge >= 0.3 is 12.3 Å². The van der Waals surface area contributed by atoms with Crippen molar-refractivity contribution in [2.75, 3.05) is 13.2 Å². The molecule has 0 saturated heterocycles. The van der Waals surface area contributed by atoms with Crippen LogP contribution in [0.5, 0.6) is 0 Å². The number of carbonyl (C=O) groups is 1. The zero-order valence-electron chi connectivity index (χ0n) is 11.6. The van der Waals surface area contributed by atoms with E-state index < -0.39 is 31.3 Å². The number of rotatable bonds is 7. The van der Waals surface area contributed by atoms with E-state index in [2.05, 4.69) is 4.74 Å². The Hall–Kier alpha value is -1.37. The topological polar surface area (TPSA) is 31.2 Å². The zero-order valence-corrected chi connectivity index (χ0v) is 11.6. The lowest BCUT2D eigenvalue weighted by atomic mass is 10.1. The predicted octanol–water partition coefficient (Wildman–Crippen LogP) is 3.22. The van der Waals surface area contributed by atoms with Crippen LogP contribution < -0.4 is 0 Å². The maximum absolute atomic E-state index is 12.6. The maximum atomic E-state index is 12.6. The van der Waals surface area contributed by atoms with E-state index in [1.165, 1.54) is 0 Å². The Morgan fingerprint density at radius 2 is 2.00 bits per heavy atom. The normalized spacial score (nSPS) is 12.2. The minimum absolute atomic E-state index is 0.365. The Labute approximate surface area is 114 Å². The molecule has 0 fully saturated rings. The van der Waals surface area contributed by atoms with E-state index in [9.17, 15) is 22.4 Å². The summed E-state index contributed by atoms with van der Waals surface area (Å²) in [7, 11) is 0. The third kappa shape index (κ3) is 3.59. The molecule has 1 rings (SSSR count). The van der Waals surface area contributed by atoms with Crippen LogP contribution in [0.2, 0.25) is 0 Å². The SMILES string of the molecule is CCn1c(C)cc(C(=O)COCC(F)(F)C(F)F)c1C. The fraction of sp³-hybridized carbons (Fsp3) is 0.615. The van der Waals surface area contributed by atoms with Gasteiger partial charge in [-0.1, -0.05) is 0 Å². The van der Waals surface area contributed by atoms with Gasteiger partial charge in [-0.25, -0.2) is 8.78 Å². The van der Waals surface area contributed by atoms with Crippen LogP contribution in [0, 0.1) is 13.8 Å². The lowest BCUT2D eigenvalue weighted by molar-refractivity contribution is -0.163. The smallest absolute Gasteiger partial charge is 0.330 e. The van der Waals surface area contributed by atoms with Gasteiger partial charge in [-0.15, -0.1) is 0 Å². The monoisotopic (exact) mass is 295 g/mol. The van der Waals surface area contributed by atoms with Crippen molar-refractivity contribution in [2.24, 2.45) is 0 Å². The Bertz CT molecular complexity index is 483. The largest absolute Gasteiger partial charge is 0.367 e. The van der Waals surface area contributed by atoms with Crippen molar-refractivity contribution in [1.82, 2.24) is 4.57 Å². The average Bonchev–Trinajstić information content (AvgIpc) is 2.63. The van der Waals surface area contributed by atoms with E-state index in [1.807, 2.05) is 18.4 Å². The van der Waals surface area contributed by atoms with E-state index in [0.29, 0.717) is 17.8 Å². The minimum Gasteiger partial charge on any atom is -0.367 e. The molecule has 0 aliphatic heterocycles. The highest BCUT2D eigenvalue weighted by Crippen LogP contribution is 2.23. The van der Waals surface area contributed by atoms with Crippen LogP contribution in [-0.2, 0) is 11.3 Å². The second-order valence-electron chi connectivity index (χ2n) is 4.51. The van der Waals surface area contributed by atoms with Crippen LogP contribution in [0.1, 0.15) is 28.7 Å². The summed E-state index contributed by atoms with van der Waals surface area (Å²) < 4.78 is 55.4. The second kappa shape index (κ2) is 6.39. The zero-order chi connectivity index (χ0) is 15.5. The molecule has 0 spiro atoms. The molecule has 0 aliphatic carbocycles. The summed E-state index contributed by atoms with van der Waals surface area (Å²) in [6.07, 6.45) is -3.80. The number of halogens is 4. The second-order valence-corrected chi connectivity index (χ2v) is 4.51. The molecule has 0 atom stereocenters. The van der Waals surface area contributed by atoms with Crippen molar-refractivity contribution >= 4 is 5.78 Å². The summed E-state index contributed by atoms with van der Waals surface area (Å²) in [4.78, 5) is 11.8. The van der Waals surface area contributed by atoms with E-state index in [4.69, 9.17) is 0 Å². The average molecular weight is 295 g/mol. The number of nitrogens with zero attached hydrogens (tertiary/aromatic N) is 1. The van der Waals surface area contributed by atoms with Crippen LogP contribution in [-0.4, -0.2) is 35.9 Å². The molecule has 0 unspecified atom stereocenters. The van der Waals surface area contributed by atoms with Crippen LogP contribution in [0.15, 0.2) is 6.07 Å². The van der Waals surface area contributed by atoms with Gasteiger partial charge in [-0.05, 0) is 26.8 Å². The molecule has 0 radical (unpaired) electrons. The summed E-state index contributed by atoms with van der Waals surface area (Å²) in [6.45, 7) is 4.03. The Balaban J connectivity index is 2.65. The van der Waals surface area contributed by atoms with Crippen molar-refractivity contribution in [3.05, 3.63) is 23.0 Å². The molecule has 0 aromatic carbocycles. The summed E-state index contributed by atoms with van der Waals surface area (Å²) >= 11 is 0. The molecule has 1 heterocycles. The molecule has 3 nitrogen and oxygen atoms in total. The van der Waals surface area contributed by atoms with Crippen molar-refractivity contribution in [3.63, 3.8) is 0 Å². The van der Waals surface area contributed by atoms with Crippen molar-refractivity contribution in [1.29, 1.82) is 0 Å². The third-order valence-electron chi connectivity index (χ3n) is 3.04. The number of hydrogen-bond acceptors (Lipinski definition) is 2. The first kappa shape index (κ1) is 16.7. The number of ether oxygens (including phenoxy) is 1. The summed E-state index contributed by atoms with van der Waals surface area (Å²) in [5, 5.41) is 0. The number of aryl methyl sites for hydroxylation is 1. The lowest BCUT2D eigenvalue weighted by Crippen LogP contribution is -2.33. The highest BCUT2D eigenvalue weighted by Gasteiger charge is 2.41. The van der Waals surface area contributed by atoms with E-state index in [1.54, 1.807) is 13.0 Å². The molecule has 1 aromatic rings. The molecule has 0 amide bonds. The number of carbonyl (C=O) groups excluding carboxylic acids is 1. The highest BCUT2D eigenvalue weighted by atomic mass is 19.3. The Kier molecular flexibility index (Phi) is 5.33. The van der Waals surface area contributed by atoms with E-state index >= 15 is 0 Å². The van der Waals surface area contributed by atoms with Crippen LogP contribution in [0.3, 0.4) is 0 Å². The molecule has 1 aromatic heterocycles. The number of Topliss-reactive ketones (excluding diaryl/α,β-unsaturated/α-hetero) is 1. The molecule has 0 saturated carbocycles. The summed E-state index contributed by atoms with van der Waals surface area (Å²) in [5.41, 5.74) is 1.94. The van der Waals surface area contributed by atoms with Gasteiger partial charge in [0.15, 0.2) is 5.78 Å². The van der Waals surface area contributed by atoms with Gasteiger partial charge in [-0.2, -0.15) is 8.78 Å². The van der Waals surface area contributed by atoms with Crippen molar-refractivity contribution in [3.8, 4) is 0 Å². The van der Waals surface area contributed by atoms with Gasteiger partial charge in [0.05, 0.1) is 0 Å². The summed E-state index contributed by atoms with van der Waals surface area (Å²) in [6, 6.07) is 1.63. The van der Waals surface area contributed by atoms with E-state index in [-0.39, 0.29) is 0 Å². The predicted molar refractivity (Wildman–Crippen MR) is 65.7 cm³/mol. The van der Waals surface area contributed by atoms with Gasteiger partial charge in [0.2, 0.25) is 0 Å². The fourth-order valence-electron chi connectivity index (χ4n) is 1.99. The molecule has 20 heavy (non-hydrogen) atoms. The van der Waals surface area contributed by atoms with Gasteiger partial charge < -0.3 is 9.30 Å². The number of aromatic nitrogens is 1. The summed E-state index contributed by atoms with van der Waals surface area (Å²) in [5.74, 6) is -4.73. The highest BCUT2D eigenvalue weighted by molar-refractivity contribution is 5.98. The van der Waals surface area contributed by atoms with Crippen LogP contribution in [0.4, 0.5) is 17.6 Å². The molecular formula is C13H17F4NO2. The molecule has 114 valence electrons. The van der Waals surface area contributed by atoms with Gasteiger partial charge in [-0.3, -0.25) is 4.79 Å². The first-order valence-electron chi connectivity index (χ1n) is 6.14. The molecule has 0 bridgehead atoms. The fourth-order valence-corrected chi connectivity index (χ4v) is 1.99. The third-order valence-corrected chi connectivity index (χ3v) is 3.04. The van der Waals surface area contributed by atoms with Gasteiger partial charge in [0.1, 0.15) is 13.2 Å². The Morgan fingerprint density at radius 1 is 1.40 bits per heavy atom. The van der Waals surface area contributed by atoms with Crippen LogP contribution in [0.25, 0.3) is 0 Å². The number of ketones is 1. The Morgan fingerprint density at radius 3 is 2.45 bits per heavy atom. The molecule has 0 N–H and O–H groups in total. The lowest BCUT2D eigenvalue weighted by Gasteiger charge is -2.14. The van der Waals surface area contributed by atoms with Crippen molar-refractivity contribution < 1.29 is 27.1 Å². The minimum atomic E-state index is -4.24. The molecular weight excluding hydrogens is 278 g/mol. The van der Waals surface area contributed by atoms with Gasteiger partial charge in [0.25, 0.3) is 0 Å². The standard InChI is InChI=1S/C13H17F4NO2/c1-4-18-8(2)5-10(9(18)3)11(19)6-20-7-13(16,17)12(14)15/h5,12H,4,6-7H2,1-3H3. The van der Waals surface area contributed by atoms with Crippen molar-refractivity contribution in [2.45, 2.75) is 39.7 Å². The number of alkyl halides is 4. The molecule has 0 aliphatic rings. The first-order valence-corrected chi connectivity index (χ1v) is 6.14. The van der Waals surface area contributed by atoms with Crippen LogP contribution >= 0.6 is 0 Å². The first-order chi connectivity index (χ1) is 9.20. The van der Waals surface area contributed by atoms with E-state index in [0.717, 1.165) is 5.69 Å². The quantitative estimate of drug-likeness (QED) is 0.571. The molecule has 7 heteroatoms. The van der Waals surface area contributed by atoms with Gasteiger partial charge in [0, 0.05) is 23.5 Å². The maximum Gasteiger partial charge on any atom is 0.330 e. The number of hydrogen-bond donors (Lipinski definition) is 0.